The van der Waals surface area contributed by atoms with E-state index in [1.807, 2.05) is 6.92 Å². The van der Waals surface area contributed by atoms with Crippen molar-refractivity contribution in [2.24, 2.45) is 5.73 Å². The predicted octanol–water partition coefficient (Wildman–Crippen LogP) is 2.18. The smallest absolute Gasteiger partial charge is 0.0561 e. The summed E-state index contributed by atoms with van der Waals surface area (Å²) in [4.78, 5) is 0. The largest absolute Gasteiger partial charge is 0.328 e. The van der Waals surface area contributed by atoms with Gasteiger partial charge in [-0.25, -0.2) is 0 Å². The Labute approximate surface area is 110 Å². The zero-order valence-corrected chi connectivity index (χ0v) is 11.1. The molecular formula is C16H22N2. The average molecular weight is 242 g/mol. The number of hydrogen-bond donors (Lipinski definition) is 2. The first-order valence-corrected chi connectivity index (χ1v) is 6.75. The first-order valence-electron chi connectivity index (χ1n) is 6.75. The van der Waals surface area contributed by atoms with Crippen LogP contribution < -0.4 is 11.1 Å². The van der Waals surface area contributed by atoms with E-state index < -0.39 is 0 Å². The van der Waals surface area contributed by atoms with Gasteiger partial charge in [0.2, 0.25) is 0 Å². The number of fused-ring (bicyclic) bond motifs is 1. The van der Waals surface area contributed by atoms with Gasteiger partial charge in [-0.1, -0.05) is 24.3 Å². The first-order chi connectivity index (χ1) is 8.82. The monoisotopic (exact) mass is 242 g/mol. The third kappa shape index (κ3) is 2.58. The van der Waals surface area contributed by atoms with E-state index in [4.69, 9.17) is 5.73 Å². The molecule has 0 amide bonds. The minimum atomic E-state index is -0.0374. The molecule has 0 aromatic heterocycles. The van der Waals surface area contributed by atoms with Gasteiger partial charge in [0.25, 0.3) is 0 Å². The summed E-state index contributed by atoms with van der Waals surface area (Å²) in [5.41, 5.74) is 8.87. The number of nitrogens with two attached hydrogens (primary N) is 1. The molecular weight excluding hydrogens is 220 g/mol. The summed E-state index contributed by atoms with van der Waals surface area (Å²) >= 11 is 0. The van der Waals surface area contributed by atoms with Crippen LogP contribution >= 0.6 is 0 Å². The quantitative estimate of drug-likeness (QED) is 0.627. The van der Waals surface area contributed by atoms with Crippen LogP contribution in [0.15, 0.2) is 24.3 Å². The predicted molar refractivity (Wildman–Crippen MR) is 76.2 cm³/mol. The molecule has 2 heteroatoms. The fourth-order valence-electron chi connectivity index (χ4n) is 2.88. The summed E-state index contributed by atoms with van der Waals surface area (Å²) in [6, 6.07) is 8.68. The highest BCUT2D eigenvalue weighted by molar-refractivity contribution is 5.36. The van der Waals surface area contributed by atoms with Gasteiger partial charge in [-0.05, 0) is 37.3 Å². The van der Waals surface area contributed by atoms with Gasteiger partial charge in [0.1, 0.15) is 0 Å². The van der Waals surface area contributed by atoms with Gasteiger partial charge in [-0.3, -0.25) is 0 Å². The fraction of sp³-hybridized carbons (Fsp3) is 0.500. The van der Waals surface area contributed by atoms with E-state index in [1.165, 1.54) is 24.0 Å². The van der Waals surface area contributed by atoms with Crippen molar-refractivity contribution >= 4 is 0 Å². The summed E-state index contributed by atoms with van der Waals surface area (Å²) in [5, 5.41) is 3.65. The van der Waals surface area contributed by atoms with E-state index in [0.717, 1.165) is 19.4 Å². The third-order valence-corrected chi connectivity index (χ3v) is 3.82. The van der Waals surface area contributed by atoms with Gasteiger partial charge in [0.15, 0.2) is 0 Å². The van der Waals surface area contributed by atoms with E-state index in [-0.39, 0.29) is 5.54 Å². The molecule has 96 valence electrons. The number of hydrogen-bond acceptors (Lipinski definition) is 2. The van der Waals surface area contributed by atoms with E-state index in [0.29, 0.717) is 6.54 Å². The van der Waals surface area contributed by atoms with Crippen LogP contribution in [0, 0.1) is 11.8 Å². The highest BCUT2D eigenvalue weighted by Gasteiger charge is 2.34. The van der Waals surface area contributed by atoms with Crippen LogP contribution in [0.25, 0.3) is 0 Å². The number of nitrogens with one attached hydrogen (secondary N) is 1. The van der Waals surface area contributed by atoms with E-state index in [9.17, 15) is 0 Å². The second-order valence-corrected chi connectivity index (χ2v) is 4.90. The summed E-state index contributed by atoms with van der Waals surface area (Å²) in [5.74, 6) is 6.03. The average Bonchev–Trinajstić information content (AvgIpc) is 2.44. The molecule has 1 atom stereocenters. The van der Waals surface area contributed by atoms with Crippen LogP contribution in [0.5, 0.6) is 0 Å². The van der Waals surface area contributed by atoms with E-state index >= 15 is 0 Å². The Morgan fingerprint density at radius 2 is 2.22 bits per heavy atom. The van der Waals surface area contributed by atoms with Crippen LogP contribution in [-0.4, -0.2) is 13.1 Å². The molecule has 1 unspecified atom stereocenters. The number of benzene rings is 1. The Morgan fingerprint density at radius 1 is 1.39 bits per heavy atom. The maximum absolute atomic E-state index is 6.07. The molecule has 2 rings (SSSR count). The van der Waals surface area contributed by atoms with E-state index in [2.05, 4.69) is 41.4 Å². The lowest BCUT2D eigenvalue weighted by Gasteiger charge is -2.39. The fourth-order valence-corrected chi connectivity index (χ4v) is 2.88. The maximum Gasteiger partial charge on any atom is 0.0561 e. The van der Waals surface area contributed by atoms with Gasteiger partial charge < -0.3 is 11.1 Å². The lowest BCUT2D eigenvalue weighted by atomic mass is 9.76. The van der Waals surface area contributed by atoms with Crippen molar-refractivity contribution in [3.8, 4) is 11.8 Å². The van der Waals surface area contributed by atoms with Crippen LogP contribution in [0.2, 0.25) is 0 Å². The van der Waals surface area contributed by atoms with Crippen molar-refractivity contribution in [3.05, 3.63) is 35.4 Å². The van der Waals surface area contributed by atoms with Crippen molar-refractivity contribution in [3.63, 3.8) is 0 Å². The summed E-state index contributed by atoms with van der Waals surface area (Å²) in [6.45, 7) is 3.45. The van der Waals surface area contributed by atoms with Crippen LogP contribution in [0.4, 0.5) is 0 Å². The number of rotatable bonds is 4. The van der Waals surface area contributed by atoms with Crippen LogP contribution in [0.3, 0.4) is 0 Å². The molecule has 0 bridgehead atoms. The molecule has 2 nitrogen and oxygen atoms in total. The van der Waals surface area contributed by atoms with Crippen molar-refractivity contribution in [2.45, 2.75) is 38.1 Å². The van der Waals surface area contributed by atoms with Crippen molar-refractivity contribution in [1.29, 1.82) is 0 Å². The Morgan fingerprint density at radius 3 is 3.00 bits per heavy atom. The molecule has 1 aliphatic carbocycles. The summed E-state index contributed by atoms with van der Waals surface area (Å²) in [6.07, 6.45) is 4.40. The van der Waals surface area contributed by atoms with Gasteiger partial charge in [-0.2, -0.15) is 0 Å². The van der Waals surface area contributed by atoms with Crippen molar-refractivity contribution in [2.75, 3.05) is 13.1 Å². The molecule has 1 aromatic rings. The molecule has 18 heavy (non-hydrogen) atoms. The van der Waals surface area contributed by atoms with Crippen LogP contribution in [0.1, 0.15) is 37.3 Å². The third-order valence-electron chi connectivity index (χ3n) is 3.82. The minimum absolute atomic E-state index is 0.0374. The SMILES string of the molecule is CC#CCCNC1(CN)CCCc2ccccc21. The van der Waals surface area contributed by atoms with Crippen LogP contribution in [-0.2, 0) is 12.0 Å². The normalized spacial score (nSPS) is 21.9. The van der Waals surface area contributed by atoms with Gasteiger partial charge in [0, 0.05) is 19.5 Å². The van der Waals surface area contributed by atoms with Gasteiger partial charge in [-0.15, -0.1) is 11.8 Å². The van der Waals surface area contributed by atoms with Crippen molar-refractivity contribution in [1.82, 2.24) is 5.32 Å². The van der Waals surface area contributed by atoms with Crippen molar-refractivity contribution < 1.29 is 0 Å². The molecule has 0 aliphatic heterocycles. The van der Waals surface area contributed by atoms with Gasteiger partial charge in [0.05, 0.1) is 5.54 Å². The first kappa shape index (κ1) is 13.1. The Hall–Kier alpha value is -1.30. The zero-order chi connectivity index (χ0) is 12.8. The summed E-state index contributed by atoms with van der Waals surface area (Å²) in [7, 11) is 0. The molecule has 0 spiro atoms. The zero-order valence-electron chi connectivity index (χ0n) is 11.1. The standard InChI is InChI=1S/C16H22N2/c1-2-3-6-12-18-16(13-17)11-7-9-14-8-4-5-10-15(14)16/h4-5,8,10,18H,6-7,9,11-13,17H2,1H3. The Bertz CT molecular complexity index is 456. The Balaban J connectivity index is 2.18. The summed E-state index contributed by atoms with van der Waals surface area (Å²) < 4.78 is 0. The molecule has 0 saturated carbocycles. The molecule has 0 heterocycles. The molecule has 0 radical (unpaired) electrons. The molecule has 1 aromatic carbocycles. The maximum atomic E-state index is 6.07. The minimum Gasteiger partial charge on any atom is -0.328 e. The molecule has 3 N–H and O–H groups in total. The second-order valence-electron chi connectivity index (χ2n) is 4.90. The molecule has 1 aliphatic rings. The van der Waals surface area contributed by atoms with Gasteiger partial charge >= 0.3 is 0 Å². The lowest BCUT2D eigenvalue weighted by molar-refractivity contribution is 0.296. The Kier molecular flexibility index (Phi) is 4.41. The molecule has 0 saturated heterocycles. The second kappa shape index (κ2) is 6.04. The van der Waals surface area contributed by atoms with E-state index in [1.54, 1.807) is 0 Å². The highest BCUT2D eigenvalue weighted by Crippen LogP contribution is 2.34. The molecule has 0 fully saturated rings. The highest BCUT2D eigenvalue weighted by atomic mass is 15.0. The topological polar surface area (TPSA) is 38.0 Å². The number of aryl methyl sites for hydroxylation is 1. The lowest BCUT2D eigenvalue weighted by Crippen LogP contribution is -2.50.